The van der Waals surface area contributed by atoms with Crippen LogP contribution in [0.5, 0.6) is 0 Å². The quantitative estimate of drug-likeness (QED) is 0.192. The molecule has 0 saturated carbocycles. The second-order valence-electron chi connectivity index (χ2n) is 11.0. The van der Waals surface area contributed by atoms with Gasteiger partial charge in [-0.2, -0.15) is 0 Å². The first-order valence-electron chi connectivity index (χ1n) is 19.5. The highest BCUT2D eigenvalue weighted by molar-refractivity contribution is 4.56. The summed E-state index contributed by atoms with van der Waals surface area (Å²) >= 11 is 0. The maximum absolute atomic E-state index is 3.36. The van der Waals surface area contributed by atoms with E-state index in [2.05, 4.69) is 138 Å². The topological polar surface area (TPSA) is 0 Å². The summed E-state index contributed by atoms with van der Waals surface area (Å²) < 4.78 is 0. The van der Waals surface area contributed by atoms with E-state index in [9.17, 15) is 0 Å². The summed E-state index contributed by atoms with van der Waals surface area (Å²) in [5.74, 6) is 2.72. The highest BCUT2D eigenvalue weighted by Gasteiger charge is 2.05. The molecule has 0 aliphatic rings. The van der Waals surface area contributed by atoms with Gasteiger partial charge in [0.15, 0.2) is 0 Å². The Bertz CT molecular complexity index is 202. The van der Waals surface area contributed by atoms with Crippen LogP contribution in [0, 0.1) is 17.8 Å². The molecule has 0 aromatic rings. The average Bonchev–Trinajstić information content (AvgIpc) is 3.05. The zero-order chi connectivity index (χ0) is 36.0. The summed E-state index contributed by atoms with van der Waals surface area (Å²) in [6.07, 6.45) is 21.5. The molecule has 0 N–H and O–H groups in total. The molecule has 0 heteroatoms. The molecule has 2 unspecified atom stereocenters. The number of hydrogen-bond donors (Lipinski definition) is 0. The third-order valence-electron chi connectivity index (χ3n) is 6.08. The van der Waals surface area contributed by atoms with Crippen LogP contribution in [0.3, 0.4) is 0 Å². The van der Waals surface area contributed by atoms with E-state index in [-0.39, 0.29) is 141 Å². The molecule has 0 radical (unpaired) electrons. The van der Waals surface area contributed by atoms with Gasteiger partial charge in [0.1, 0.15) is 0 Å². The van der Waals surface area contributed by atoms with E-state index in [4.69, 9.17) is 0 Å². The average molecular weight is 912 g/mol. The third kappa shape index (κ3) is 804. The summed E-state index contributed by atoms with van der Waals surface area (Å²) in [6, 6.07) is 0. The molecule has 0 rings (SSSR count). The Morgan fingerprint density at radius 1 is 0.262 bits per heavy atom. The predicted octanol–water partition coefficient (Wildman–Crippen LogP) is 30.3. The molecular formula is C61H178. The van der Waals surface area contributed by atoms with Gasteiger partial charge < -0.3 is 0 Å². The highest BCUT2D eigenvalue weighted by Crippen LogP contribution is 2.16. The summed E-state index contributed by atoms with van der Waals surface area (Å²) in [5, 5.41) is 0. The van der Waals surface area contributed by atoms with Gasteiger partial charge in [-0.3, -0.25) is 0 Å². The van der Waals surface area contributed by atoms with Gasteiger partial charge in [0, 0.05) is 0 Å². The molecule has 0 nitrogen and oxygen atoms in total. The van der Waals surface area contributed by atoms with Crippen molar-refractivity contribution in [3.05, 3.63) is 12.7 Å². The van der Waals surface area contributed by atoms with Crippen molar-refractivity contribution in [3.8, 4) is 0 Å². The first-order valence-corrected chi connectivity index (χ1v) is 19.5. The summed E-state index contributed by atoms with van der Waals surface area (Å²) in [5.41, 5.74) is 0. The van der Waals surface area contributed by atoms with Crippen LogP contribution in [-0.2, 0) is 0 Å². The lowest BCUT2D eigenvalue weighted by Crippen LogP contribution is -2.04. The molecule has 0 amide bonds. The van der Waals surface area contributed by atoms with Gasteiger partial charge in [-0.05, 0) is 24.7 Å². The number of rotatable bonds is 10. The molecule has 2 atom stereocenters. The van der Waals surface area contributed by atoms with Crippen LogP contribution in [-0.4, -0.2) is 0 Å². The van der Waals surface area contributed by atoms with Crippen molar-refractivity contribution in [1.29, 1.82) is 0 Å². The lowest BCUT2D eigenvalue weighted by atomic mass is 9.92. The smallest absolute Gasteiger partial charge is 0.0420 e. The molecule has 0 aromatic heterocycles. The molecule has 0 aromatic carbocycles. The standard InChI is InChI=1S/C8H18.C5H12.6C4H10.C3H6.C2H6.19CH4/c1-5-7(3)8(4)6-2;1-4-5(2)3;6*1-3-4-2;1-3-2;1-2;;;;;;;;;;;;;;;;;;;/h7-8H,5-6H2,1-4H3;5H,4H2,1-3H3;6*3-4H2,1-2H3;3H,1H2,2H3;1-2H3;19*1H4. The molecule has 0 spiro atoms. The molecular weight excluding hydrogens is 733 g/mol. The van der Waals surface area contributed by atoms with Crippen molar-refractivity contribution in [2.24, 2.45) is 17.8 Å². The Hall–Kier alpha value is -0.260. The molecule has 0 fully saturated rings. The predicted molar refractivity (Wildman–Crippen MR) is 343 cm³/mol. The Kier molecular flexibility index (Phi) is 1190. The molecule has 0 saturated heterocycles. The third-order valence-corrected chi connectivity index (χ3v) is 6.08. The van der Waals surface area contributed by atoms with E-state index in [0.717, 1.165) is 17.8 Å². The maximum Gasteiger partial charge on any atom is -0.0420 e. The van der Waals surface area contributed by atoms with Gasteiger partial charge in [0.05, 0.1) is 0 Å². The van der Waals surface area contributed by atoms with Crippen molar-refractivity contribution in [2.75, 3.05) is 0 Å². The van der Waals surface area contributed by atoms with E-state index in [1.54, 1.807) is 6.08 Å². The van der Waals surface area contributed by atoms with Crippen LogP contribution in [0.15, 0.2) is 12.7 Å². The van der Waals surface area contributed by atoms with Gasteiger partial charge in [-0.15, -0.1) is 6.58 Å². The highest BCUT2D eigenvalue weighted by atomic mass is 14.1. The number of unbranched alkanes of at least 4 members (excludes halogenated alkanes) is 6. The van der Waals surface area contributed by atoms with Crippen LogP contribution < -0.4 is 0 Å². The van der Waals surface area contributed by atoms with Gasteiger partial charge in [-0.1, -0.05) is 389 Å². The van der Waals surface area contributed by atoms with Crippen LogP contribution in [0.25, 0.3) is 0 Å². The largest absolute Gasteiger partial charge is 0.103 e. The lowest BCUT2D eigenvalue weighted by molar-refractivity contribution is 0.367. The van der Waals surface area contributed by atoms with E-state index >= 15 is 0 Å². The zero-order valence-corrected chi connectivity index (χ0v) is 35.6. The SMILES string of the molecule is C.C.C.C.C.C.C.C.C.C.C.C.C.C.C.C.C.C.C.C=CC.CC.CCC(C)C.CCC(C)C(C)CC.CCCC.CCCC.CCCC.CCCC.CCCC.CCCC. The van der Waals surface area contributed by atoms with Crippen molar-refractivity contribution >= 4 is 0 Å². The fraction of sp³-hybridized carbons (Fsp3) is 0.967. The Balaban J connectivity index is -0.00000000676. The van der Waals surface area contributed by atoms with Crippen molar-refractivity contribution in [3.63, 3.8) is 0 Å². The minimum atomic E-state index is 0. The van der Waals surface area contributed by atoms with Crippen LogP contribution >= 0.6 is 0 Å². The van der Waals surface area contributed by atoms with Crippen LogP contribution in [0.1, 0.15) is 390 Å². The molecule has 0 heterocycles. The van der Waals surface area contributed by atoms with Gasteiger partial charge in [0.25, 0.3) is 0 Å². The molecule has 0 aliphatic heterocycles. The molecule has 422 valence electrons. The van der Waals surface area contributed by atoms with Gasteiger partial charge in [-0.25, -0.2) is 0 Å². The second kappa shape index (κ2) is 337. The first kappa shape index (κ1) is 215. The Labute approximate surface area is 418 Å². The monoisotopic (exact) mass is 911 g/mol. The second-order valence-corrected chi connectivity index (χ2v) is 11.0. The van der Waals surface area contributed by atoms with E-state index in [1.165, 1.54) is 96.3 Å². The fourth-order valence-corrected chi connectivity index (χ4v) is 0.805. The first-order chi connectivity index (χ1) is 19.9. The summed E-state index contributed by atoms with van der Waals surface area (Å²) in [7, 11) is 0. The van der Waals surface area contributed by atoms with Gasteiger partial charge >= 0.3 is 0 Å². The van der Waals surface area contributed by atoms with Gasteiger partial charge in [0.2, 0.25) is 0 Å². The van der Waals surface area contributed by atoms with Crippen molar-refractivity contribution < 1.29 is 0 Å². The Morgan fingerprint density at radius 3 is 0.344 bits per heavy atom. The summed E-state index contributed by atoms with van der Waals surface area (Å²) in [4.78, 5) is 0. The van der Waals surface area contributed by atoms with Crippen molar-refractivity contribution in [2.45, 2.75) is 390 Å². The summed E-state index contributed by atoms with van der Waals surface area (Å²) in [6.45, 7) is 51.2. The molecule has 61 heavy (non-hydrogen) atoms. The van der Waals surface area contributed by atoms with Crippen LogP contribution in [0.4, 0.5) is 0 Å². The van der Waals surface area contributed by atoms with Crippen LogP contribution in [0.2, 0.25) is 0 Å². The zero-order valence-electron chi connectivity index (χ0n) is 35.6. The number of hydrogen-bond acceptors (Lipinski definition) is 0. The number of allylic oxidation sites excluding steroid dienone is 1. The minimum Gasteiger partial charge on any atom is -0.103 e. The Morgan fingerprint density at radius 2 is 0.328 bits per heavy atom. The van der Waals surface area contributed by atoms with E-state index in [1.807, 2.05) is 20.8 Å². The molecule has 0 bridgehead atoms. The lowest BCUT2D eigenvalue weighted by Gasteiger charge is -2.14. The fourth-order valence-electron chi connectivity index (χ4n) is 0.805. The van der Waals surface area contributed by atoms with Crippen molar-refractivity contribution in [1.82, 2.24) is 0 Å². The maximum atomic E-state index is 3.36. The normalized spacial score (nSPS) is 6.41. The van der Waals surface area contributed by atoms with E-state index in [0.29, 0.717) is 0 Å². The minimum absolute atomic E-state index is 0. The van der Waals surface area contributed by atoms with E-state index < -0.39 is 0 Å². The molecule has 0 aliphatic carbocycles.